The van der Waals surface area contributed by atoms with E-state index in [9.17, 15) is 10.2 Å². The maximum Gasteiger partial charge on any atom is 0.146 e. The van der Waals surface area contributed by atoms with Gasteiger partial charge < -0.3 is 26.2 Å². The van der Waals surface area contributed by atoms with Gasteiger partial charge in [0.25, 0.3) is 0 Å². The Bertz CT molecular complexity index is 1330. The minimum absolute atomic E-state index is 0.301. The lowest BCUT2D eigenvalue weighted by Gasteiger charge is -2.19. The number of pyridine rings is 1. The molecule has 0 aliphatic heterocycles. The molecule has 1 aliphatic rings. The van der Waals surface area contributed by atoms with Crippen LogP contribution in [0.1, 0.15) is 18.0 Å². The number of hydrogen-bond donors (Lipinski definition) is 4. The molecule has 0 fully saturated rings. The zero-order valence-electron chi connectivity index (χ0n) is 16.5. The number of hydrogen-bond acceptors (Lipinski definition) is 7. The van der Waals surface area contributed by atoms with E-state index in [1.54, 1.807) is 12.3 Å². The van der Waals surface area contributed by atoms with Crippen LogP contribution in [0.15, 0.2) is 54.5 Å². The standard InChI is InChI=1S/C22H21ClN6O2/c23-15-8-12-3-1-11(7-16(12)28-21(15)25)2-4-13-9-17(19(31)18(13)30)29-6-5-14-20(24)26-10-27-22(14)29/h1,3,5-10,17-19,30-31H,2,4H2,(H2,25,28)(H2,24,26,27)/t17?,18?,19-/m1/s1. The van der Waals surface area contributed by atoms with Crippen LogP contribution >= 0.6 is 11.6 Å². The van der Waals surface area contributed by atoms with Gasteiger partial charge in [-0.3, -0.25) is 0 Å². The Balaban J connectivity index is 1.39. The largest absolute Gasteiger partial charge is 0.388 e. The van der Waals surface area contributed by atoms with Crippen LogP contribution < -0.4 is 11.5 Å². The molecule has 0 amide bonds. The lowest BCUT2D eigenvalue weighted by molar-refractivity contribution is 0.0317. The predicted octanol–water partition coefficient (Wildman–Crippen LogP) is 2.63. The number of rotatable bonds is 4. The number of fused-ring (bicyclic) bond motifs is 2. The van der Waals surface area contributed by atoms with E-state index >= 15 is 0 Å². The summed E-state index contributed by atoms with van der Waals surface area (Å²) >= 11 is 6.04. The maximum absolute atomic E-state index is 10.7. The molecule has 0 bridgehead atoms. The fraction of sp³-hybridized carbons (Fsp3) is 0.227. The summed E-state index contributed by atoms with van der Waals surface area (Å²) in [6.45, 7) is 0. The fourth-order valence-corrected chi connectivity index (χ4v) is 4.34. The van der Waals surface area contributed by atoms with Gasteiger partial charge in [-0.1, -0.05) is 29.8 Å². The molecular formula is C22H21ClN6O2. The molecule has 3 aromatic heterocycles. The van der Waals surface area contributed by atoms with E-state index in [0.717, 1.165) is 22.0 Å². The monoisotopic (exact) mass is 436 g/mol. The third-order valence-electron chi connectivity index (χ3n) is 5.86. The Labute approximate surface area is 182 Å². The van der Waals surface area contributed by atoms with E-state index in [0.29, 0.717) is 40.5 Å². The summed E-state index contributed by atoms with van der Waals surface area (Å²) < 4.78 is 1.82. The number of aromatic nitrogens is 4. The minimum atomic E-state index is -0.970. The van der Waals surface area contributed by atoms with Crippen molar-refractivity contribution in [3.05, 3.63) is 65.1 Å². The van der Waals surface area contributed by atoms with Crippen molar-refractivity contribution in [3.63, 3.8) is 0 Å². The molecule has 3 atom stereocenters. The molecule has 9 heteroatoms. The van der Waals surface area contributed by atoms with Crippen molar-refractivity contribution in [2.75, 3.05) is 11.5 Å². The third-order valence-corrected chi connectivity index (χ3v) is 6.17. The van der Waals surface area contributed by atoms with Crippen molar-refractivity contribution >= 4 is 45.2 Å². The van der Waals surface area contributed by atoms with Crippen molar-refractivity contribution < 1.29 is 10.2 Å². The Morgan fingerprint density at radius 3 is 2.71 bits per heavy atom. The van der Waals surface area contributed by atoms with E-state index in [1.165, 1.54) is 6.33 Å². The van der Waals surface area contributed by atoms with Gasteiger partial charge in [0.05, 0.1) is 22.0 Å². The first-order valence-electron chi connectivity index (χ1n) is 9.91. The van der Waals surface area contributed by atoms with E-state index in [2.05, 4.69) is 15.0 Å². The molecule has 0 radical (unpaired) electrons. The first-order valence-corrected chi connectivity index (χ1v) is 10.3. The molecule has 4 aromatic rings. The van der Waals surface area contributed by atoms with Gasteiger partial charge in [0.2, 0.25) is 0 Å². The SMILES string of the molecule is Nc1nc2cc(CCC3=CC(n4ccc5c(N)ncnc54)[C@@H](O)C3O)ccc2cc1Cl. The second-order valence-electron chi connectivity index (χ2n) is 7.77. The van der Waals surface area contributed by atoms with E-state index in [1.807, 2.05) is 34.9 Å². The van der Waals surface area contributed by atoms with Crippen LogP contribution in [0.5, 0.6) is 0 Å². The molecule has 31 heavy (non-hydrogen) atoms. The molecule has 0 spiro atoms. The smallest absolute Gasteiger partial charge is 0.146 e. The number of aliphatic hydroxyl groups excluding tert-OH is 2. The molecule has 0 saturated carbocycles. The van der Waals surface area contributed by atoms with Crippen LogP contribution in [-0.2, 0) is 6.42 Å². The van der Waals surface area contributed by atoms with Crippen molar-refractivity contribution in [1.29, 1.82) is 0 Å². The van der Waals surface area contributed by atoms with Gasteiger partial charge in [-0.15, -0.1) is 0 Å². The minimum Gasteiger partial charge on any atom is -0.388 e. The van der Waals surface area contributed by atoms with Gasteiger partial charge in [-0.25, -0.2) is 15.0 Å². The van der Waals surface area contributed by atoms with Crippen molar-refractivity contribution in [2.45, 2.75) is 31.1 Å². The normalized spacial score (nSPS) is 21.1. The highest BCUT2D eigenvalue weighted by atomic mass is 35.5. The van der Waals surface area contributed by atoms with Gasteiger partial charge in [-0.2, -0.15) is 0 Å². The van der Waals surface area contributed by atoms with Gasteiger partial charge in [0, 0.05) is 11.6 Å². The fourth-order valence-electron chi connectivity index (χ4n) is 4.18. The number of halogens is 1. The summed E-state index contributed by atoms with van der Waals surface area (Å²) in [7, 11) is 0. The molecule has 5 rings (SSSR count). The quantitative estimate of drug-likeness (QED) is 0.361. The van der Waals surface area contributed by atoms with Crippen molar-refractivity contribution in [1.82, 2.24) is 19.5 Å². The highest BCUT2D eigenvalue weighted by Crippen LogP contribution is 2.34. The van der Waals surface area contributed by atoms with Crippen LogP contribution in [0, 0.1) is 0 Å². The lowest BCUT2D eigenvalue weighted by atomic mass is 10.0. The van der Waals surface area contributed by atoms with Crippen LogP contribution in [0.3, 0.4) is 0 Å². The molecule has 3 heterocycles. The zero-order valence-corrected chi connectivity index (χ0v) is 17.2. The number of nitrogens with two attached hydrogens (primary N) is 2. The van der Waals surface area contributed by atoms with E-state index in [-0.39, 0.29) is 0 Å². The molecule has 0 saturated heterocycles. The maximum atomic E-state index is 10.7. The predicted molar refractivity (Wildman–Crippen MR) is 121 cm³/mol. The molecular weight excluding hydrogens is 416 g/mol. The molecule has 1 aromatic carbocycles. The van der Waals surface area contributed by atoms with Crippen molar-refractivity contribution in [2.24, 2.45) is 0 Å². The second kappa shape index (κ2) is 7.49. The lowest BCUT2D eigenvalue weighted by Crippen LogP contribution is -2.29. The average Bonchev–Trinajstić information content (AvgIpc) is 3.30. The van der Waals surface area contributed by atoms with Gasteiger partial charge >= 0.3 is 0 Å². The summed E-state index contributed by atoms with van der Waals surface area (Å²) in [6.07, 6.45) is 4.47. The highest BCUT2D eigenvalue weighted by Gasteiger charge is 2.36. The molecule has 2 unspecified atom stereocenters. The Kier molecular flexibility index (Phi) is 4.77. The zero-order chi connectivity index (χ0) is 21.7. The summed E-state index contributed by atoms with van der Waals surface area (Å²) in [6, 6.07) is 9.11. The van der Waals surface area contributed by atoms with Crippen LogP contribution in [0.2, 0.25) is 5.02 Å². The second-order valence-corrected chi connectivity index (χ2v) is 8.18. The van der Waals surface area contributed by atoms with Crippen molar-refractivity contribution in [3.8, 4) is 0 Å². The number of anilines is 2. The topological polar surface area (TPSA) is 136 Å². The van der Waals surface area contributed by atoms with Gasteiger partial charge in [-0.05, 0) is 42.2 Å². The number of aliphatic hydroxyl groups is 2. The molecule has 6 N–H and O–H groups in total. The van der Waals surface area contributed by atoms with Crippen LogP contribution in [-0.4, -0.2) is 41.9 Å². The van der Waals surface area contributed by atoms with Crippen LogP contribution in [0.25, 0.3) is 21.9 Å². The van der Waals surface area contributed by atoms with Gasteiger partial charge in [0.1, 0.15) is 35.8 Å². The van der Waals surface area contributed by atoms with E-state index < -0.39 is 18.2 Å². The first kappa shape index (κ1) is 19.7. The average molecular weight is 437 g/mol. The number of aryl methyl sites for hydroxylation is 1. The Morgan fingerprint density at radius 1 is 1.03 bits per heavy atom. The molecule has 1 aliphatic carbocycles. The molecule has 158 valence electrons. The number of nitrogens with zero attached hydrogens (tertiary/aromatic N) is 4. The van der Waals surface area contributed by atoms with Gasteiger partial charge in [0.15, 0.2) is 0 Å². The Morgan fingerprint density at radius 2 is 1.87 bits per heavy atom. The Hall–Kier alpha value is -3.20. The molecule has 8 nitrogen and oxygen atoms in total. The number of benzene rings is 1. The highest BCUT2D eigenvalue weighted by molar-refractivity contribution is 6.33. The summed E-state index contributed by atoms with van der Waals surface area (Å²) in [4.78, 5) is 12.6. The third kappa shape index (κ3) is 3.38. The summed E-state index contributed by atoms with van der Waals surface area (Å²) in [5.74, 6) is 0.683. The number of nitrogen functional groups attached to an aromatic ring is 2. The van der Waals surface area contributed by atoms with E-state index in [4.69, 9.17) is 23.1 Å². The van der Waals surface area contributed by atoms with Crippen LogP contribution in [0.4, 0.5) is 11.6 Å². The summed E-state index contributed by atoms with van der Waals surface area (Å²) in [5.41, 5.74) is 15.0. The first-order chi connectivity index (χ1) is 14.9. The summed E-state index contributed by atoms with van der Waals surface area (Å²) in [5, 5.41) is 23.4.